The Morgan fingerprint density at radius 3 is 3.16 bits per heavy atom. The maximum atomic E-state index is 5.46. The van der Waals surface area contributed by atoms with Gasteiger partial charge in [0.25, 0.3) is 0 Å². The number of hydrogen-bond acceptors (Lipinski definition) is 5. The van der Waals surface area contributed by atoms with Crippen LogP contribution >= 0.6 is 0 Å². The molecular formula is C13H16N4O2. The molecule has 0 radical (unpaired) electrons. The molecule has 0 amide bonds. The lowest BCUT2D eigenvalue weighted by molar-refractivity contribution is 0.173. The number of ether oxygens (including phenoxy) is 2. The van der Waals surface area contributed by atoms with E-state index in [1.54, 1.807) is 6.33 Å². The van der Waals surface area contributed by atoms with Crippen molar-refractivity contribution in [1.29, 1.82) is 0 Å². The number of hydrogen-bond donors (Lipinski definition) is 1. The fraction of sp³-hybridized carbons (Fsp3) is 0.385. The summed E-state index contributed by atoms with van der Waals surface area (Å²) < 4.78 is 12.7. The Labute approximate surface area is 111 Å². The van der Waals surface area contributed by atoms with Gasteiger partial charge in [-0.3, -0.25) is 0 Å². The minimum Gasteiger partial charge on any atom is -0.454 e. The predicted molar refractivity (Wildman–Crippen MR) is 69.0 cm³/mol. The summed E-state index contributed by atoms with van der Waals surface area (Å²) >= 11 is 0. The van der Waals surface area contributed by atoms with Crippen LogP contribution in [0.5, 0.6) is 11.5 Å². The first-order chi connectivity index (χ1) is 9.34. The van der Waals surface area contributed by atoms with Gasteiger partial charge in [0.1, 0.15) is 12.2 Å². The zero-order valence-electron chi connectivity index (χ0n) is 10.8. The van der Waals surface area contributed by atoms with Crippen molar-refractivity contribution in [1.82, 2.24) is 20.1 Å². The van der Waals surface area contributed by atoms with E-state index >= 15 is 0 Å². The molecule has 1 aliphatic rings. The quantitative estimate of drug-likeness (QED) is 0.808. The second-order valence-corrected chi connectivity index (χ2v) is 4.44. The molecule has 1 aromatic carbocycles. The number of nitrogens with one attached hydrogen (secondary N) is 1. The van der Waals surface area contributed by atoms with Crippen LogP contribution in [0.3, 0.4) is 0 Å². The maximum Gasteiger partial charge on any atom is 0.231 e. The molecule has 0 fully saturated rings. The van der Waals surface area contributed by atoms with Crippen molar-refractivity contribution in [2.75, 3.05) is 13.3 Å². The average molecular weight is 260 g/mol. The Morgan fingerprint density at radius 2 is 2.32 bits per heavy atom. The van der Waals surface area contributed by atoms with E-state index in [4.69, 9.17) is 9.47 Å². The largest absolute Gasteiger partial charge is 0.454 e. The summed E-state index contributed by atoms with van der Waals surface area (Å²) in [5.74, 6) is 2.66. The zero-order chi connectivity index (χ0) is 13.1. The lowest BCUT2D eigenvalue weighted by atomic mass is 10.2. The van der Waals surface area contributed by atoms with Gasteiger partial charge in [0, 0.05) is 32.1 Å². The molecule has 2 aromatic rings. The van der Waals surface area contributed by atoms with Crippen LogP contribution in [0, 0.1) is 0 Å². The second kappa shape index (κ2) is 5.27. The first-order valence-corrected chi connectivity index (χ1v) is 6.25. The van der Waals surface area contributed by atoms with Crippen molar-refractivity contribution in [3.8, 4) is 11.5 Å². The minimum absolute atomic E-state index is 0.311. The highest BCUT2D eigenvalue weighted by molar-refractivity contribution is 5.48. The third-order valence-electron chi connectivity index (χ3n) is 3.12. The summed E-state index contributed by atoms with van der Waals surface area (Å²) in [4.78, 5) is 0. The summed E-state index contributed by atoms with van der Waals surface area (Å²) in [7, 11) is 1.95. The Bertz CT molecular complexity index is 568. The Hall–Kier alpha value is -2.08. The molecule has 19 heavy (non-hydrogen) atoms. The molecule has 0 saturated carbocycles. The highest BCUT2D eigenvalue weighted by Crippen LogP contribution is 2.35. The first kappa shape index (κ1) is 12.0. The van der Waals surface area contributed by atoms with Crippen LogP contribution in [0.1, 0.15) is 11.4 Å². The smallest absolute Gasteiger partial charge is 0.231 e. The first-order valence-electron chi connectivity index (χ1n) is 6.25. The monoisotopic (exact) mass is 260 g/mol. The van der Waals surface area contributed by atoms with Gasteiger partial charge in [-0.1, -0.05) is 12.1 Å². The van der Waals surface area contributed by atoms with Gasteiger partial charge in [-0.25, -0.2) is 0 Å². The molecule has 100 valence electrons. The summed E-state index contributed by atoms with van der Waals surface area (Å²) in [5.41, 5.74) is 1.12. The molecule has 0 saturated heterocycles. The summed E-state index contributed by atoms with van der Waals surface area (Å²) in [6, 6.07) is 5.95. The highest BCUT2D eigenvalue weighted by Gasteiger charge is 2.16. The predicted octanol–water partition coefficient (Wildman–Crippen LogP) is 0.876. The summed E-state index contributed by atoms with van der Waals surface area (Å²) in [5, 5.41) is 11.3. The van der Waals surface area contributed by atoms with E-state index in [1.165, 1.54) is 0 Å². The SMILES string of the molecule is Cn1cnnc1CCNCc1cccc2c1OCO2. The molecular weight excluding hydrogens is 244 g/mol. The van der Waals surface area contributed by atoms with Crippen LogP contribution in [0.25, 0.3) is 0 Å². The van der Waals surface area contributed by atoms with Crippen LogP contribution in [0.2, 0.25) is 0 Å². The van der Waals surface area contributed by atoms with Crippen molar-refractivity contribution in [3.05, 3.63) is 35.9 Å². The number of benzene rings is 1. The molecule has 1 aliphatic heterocycles. The Morgan fingerprint density at radius 1 is 1.37 bits per heavy atom. The third-order valence-corrected chi connectivity index (χ3v) is 3.12. The Kier molecular flexibility index (Phi) is 3.33. The topological polar surface area (TPSA) is 61.2 Å². The molecule has 0 unspecified atom stereocenters. The molecule has 3 rings (SSSR count). The van der Waals surface area contributed by atoms with Crippen molar-refractivity contribution in [2.24, 2.45) is 7.05 Å². The van der Waals surface area contributed by atoms with Gasteiger partial charge in [-0.05, 0) is 6.07 Å². The number of nitrogens with zero attached hydrogens (tertiary/aromatic N) is 3. The van der Waals surface area contributed by atoms with Crippen LogP contribution in [-0.2, 0) is 20.0 Å². The van der Waals surface area contributed by atoms with Crippen LogP contribution in [0.4, 0.5) is 0 Å². The van der Waals surface area contributed by atoms with Gasteiger partial charge in [0.05, 0.1) is 0 Å². The molecule has 6 nitrogen and oxygen atoms in total. The van der Waals surface area contributed by atoms with E-state index in [9.17, 15) is 0 Å². The van der Waals surface area contributed by atoms with Crippen molar-refractivity contribution in [3.63, 3.8) is 0 Å². The lowest BCUT2D eigenvalue weighted by Crippen LogP contribution is -2.18. The average Bonchev–Trinajstić information content (AvgIpc) is 3.04. The molecule has 0 aliphatic carbocycles. The standard InChI is InChI=1S/C13H16N4O2/c1-17-8-15-16-12(17)5-6-14-7-10-3-2-4-11-13(10)19-9-18-11/h2-4,8,14H,5-7,9H2,1H3. The zero-order valence-corrected chi connectivity index (χ0v) is 10.8. The molecule has 0 spiro atoms. The van der Waals surface area contributed by atoms with Gasteiger partial charge >= 0.3 is 0 Å². The van der Waals surface area contributed by atoms with Gasteiger partial charge in [-0.2, -0.15) is 0 Å². The van der Waals surface area contributed by atoms with Crippen LogP contribution in [-0.4, -0.2) is 28.1 Å². The minimum atomic E-state index is 0.311. The van der Waals surface area contributed by atoms with E-state index < -0.39 is 0 Å². The number of aromatic nitrogens is 3. The van der Waals surface area contributed by atoms with Crippen LogP contribution in [0.15, 0.2) is 24.5 Å². The number of rotatable bonds is 5. The number of para-hydroxylation sites is 1. The van der Waals surface area contributed by atoms with Gasteiger partial charge in [0.2, 0.25) is 6.79 Å². The third kappa shape index (κ3) is 2.53. The van der Waals surface area contributed by atoms with E-state index in [0.29, 0.717) is 6.79 Å². The Balaban J connectivity index is 1.53. The fourth-order valence-corrected chi connectivity index (χ4v) is 2.09. The maximum absolute atomic E-state index is 5.46. The lowest BCUT2D eigenvalue weighted by Gasteiger charge is -2.07. The highest BCUT2D eigenvalue weighted by atomic mass is 16.7. The molecule has 2 heterocycles. The van der Waals surface area contributed by atoms with Crippen LogP contribution < -0.4 is 14.8 Å². The molecule has 1 aromatic heterocycles. The normalized spacial score (nSPS) is 12.9. The van der Waals surface area contributed by atoms with Crippen molar-refractivity contribution in [2.45, 2.75) is 13.0 Å². The van der Waals surface area contributed by atoms with Crippen molar-refractivity contribution >= 4 is 0 Å². The summed E-state index contributed by atoms with van der Waals surface area (Å²) in [6.07, 6.45) is 2.56. The van der Waals surface area contributed by atoms with Crippen molar-refractivity contribution < 1.29 is 9.47 Å². The summed E-state index contributed by atoms with van der Waals surface area (Å²) in [6.45, 7) is 1.91. The fourth-order valence-electron chi connectivity index (χ4n) is 2.09. The number of fused-ring (bicyclic) bond motifs is 1. The molecule has 6 heteroatoms. The molecule has 1 N–H and O–H groups in total. The van der Waals surface area contributed by atoms with E-state index in [0.717, 1.165) is 42.4 Å². The van der Waals surface area contributed by atoms with Gasteiger partial charge in [-0.15, -0.1) is 10.2 Å². The van der Waals surface area contributed by atoms with Gasteiger partial charge < -0.3 is 19.4 Å². The molecule has 0 bridgehead atoms. The van der Waals surface area contributed by atoms with E-state index in [1.807, 2.05) is 29.8 Å². The second-order valence-electron chi connectivity index (χ2n) is 4.44. The number of aryl methyl sites for hydroxylation is 1. The van der Waals surface area contributed by atoms with Gasteiger partial charge in [0.15, 0.2) is 11.5 Å². The van der Waals surface area contributed by atoms with E-state index in [-0.39, 0.29) is 0 Å². The van der Waals surface area contributed by atoms with E-state index in [2.05, 4.69) is 15.5 Å². The molecule has 0 atom stereocenters.